The van der Waals surface area contributed by atoms with Crippen LogP contribution in [0.3, 0.4) is 0 Å². The Morgan fingerprint density at radius 1 is 1.07 bits per heavy atom. The first kappa shape index (κ1) is 20.9. The number of furan rings is 1. The van der Waals surface area contributed by atoms with Gasteiger partial charge >= 0.3 is 0 Å². The fraction of sp³-hybridized carbons (Fsp3) is 0.167. The summed E-state index contributed by atoms with van der Waals surface area (Å²) in [4.78, 5) is 26.6. The largest absolute Gasteiger partial charge is 0.497 e. The van der Waals surface area contributed by atoms with E-state index in [1.165, 1.54) is 6.26 Å². The summed E-state index contributed by atoms with van der Waals surface area (Å²) < 4.78 is 10.5. The second-order valence-corrected chi connectivity index (χ2v) is 6.65. The first-order chi connectivity index (χ1) is 14.6. The molecule has 0 aliphatic heterocycles. The van der Waals surface area contributed by atoms with Crippen molar-refractivity contribution in [3.63, 3.8) is 0 Å². The molecule has 3 aromatic rings. The summed E-state index contributed by atoms with van der Waals surface area (Å²) in [6.07, 6.45) is 3.38. The third-order valence-corrected chi connectivity index (χ3v) is 4.53. The number of carbonyl (C=O) groups is 2. The molecule has 1 heterocycles. The van der Waals surface area contributed by atoms with Crippen LogP contribution < -0.4 is 15.0 Å². The number of carbonyl (C=O) groups excluding carboxylic acids is 2. The highest BCUT2D eigenvalue weighted by atomic mass is 16.5. The van der Waals surface area contributed by atoms with E-state index < -0.39 is 0 Å². The predicted octanol–water partition coefficient (Wildman–Crippen LogP) is 3.98. The van der Waals surface area contributed by atoms with Crippen LogP contribution >= 0.6 is 0 Å². The van der Waals surface area contributed by atoms with Crippen molar-refractivity contribution in [2.75, 3.05) is 18.6 Å². The van der Waals surface area contributed by atoms with Crippen molar-refractivity contribution in [2.45, 2.75) is 13.0 Å². The van der Waals surface area contributed by atoms with Crippen LogP contribution in [-0.2, 0) is 17.8 Å². The molecular formula is C24H24N2O4. The topological polar surface area (TPSA) is 71.8 Å². The molecule has 0 aliphatic carbocycles. The number of anilines is 1. The van der Waals surface area contributed by atoms with Crippen molar-refractivity contribution in [2.24, 2.45) is 0 Å². The molecule has 0 spiro atoms. The first-order valence-corrected chi connectivity index (χ1v) is 9.55. The third-order valence-electron chi connectivity index (χ3n) is 4.53. The van der Waals surface area contributed by atoms with E-state index in [-0.39, 0.29) is 24.0 Å². The molecule has 1 N–H and O–H groups in total. The number of hydrogen-bond donors (Lipinski definition) is 1. The lowest BCUT2D eigenvalue weighted by Gasteiger charge is -2.22. The zero-order valence-electron chi connectivity index (χ0n) is 16.8. The Bertz CT molecular complexity index is 977. The molecule has 30 heavy (non-hydrogen) atoms. The maximum atomic E-state index is 13.0. The molecule has 0 bridgehead atoms. The van der Waals surface area contributed by atoms with Crippen LogP contribution in [0.4, 0.5) is 5.69 Å². The van der Waals surface area contributed by atoms with Crippen LogP contribution in [0, 0.1) is 0 Å². The Hall–Kier alpha value is -3.80. The number of nitrogens with one attached hydrogen (secondary N) is 1. The van der Waals surface area contributed by atoms with Gasteiger partial charge in [0.2, 0.25) is 5.91 Å². The van der Waals surface area contributed by atoms with E-state index >= 15 is 0 Å². The standard InChI is InChI=1S/C24H24N2O4/c1-3-14-25-23(27)16-18-6-10-20(11-7-18)26(24(28)22-5-4-15-30-22)17-19-8-12-21(29-2)13-9-19/h3-13,15H,1,14,16-17H2,2H3,(H,25,27). The minimum Gasteiger partial charge on any atom is -0.497 e. The molecule has 6 heteroatoms. The fourth-order valence-corrected chi connectivity index (χ4v) is 2.95. The van der Waals surface area contributed by atoms with E-state index in [9.17, 15) is 9.59 Å². The van der Waals surface area contributed by atoms with Crippen LogP contribution in [0.15, 0.2) is 84.0 Å². The molecule has 154 valence electrons. The van der Waals surface area contributed by atoms with Gasteiger partial charge in [0.05, 0.1) is 26.3 Å². The monoisotopic (exact) mass is 404 g/mol. The number of methoxy groups -OCH3 is 1. The lowest BCUT2D eigenvalue weighted by molar-refractivity contribution is -0.120. The summed E-state index contributed by atoms with van der Waals surface area (Å²) in [6.45, 7) is 4.38. The summed E-state index contributed by atoms with van der Waals surface area (Å²) in [5.41, 5.74) is 2.52. The third kappa shape index (κ3) is 5.38. The van der Waals surface area contributed by atoms with Crippen LogP contribution in [0.5, 0.6) is 5.75 Å². The zero-order valence-corrected chi connectivity index (χ0v) is 16.8. The molecule has 0 fully saturated rings. The number of amides is 2. The maximum Gasteiger partial charge on any atom is 0.294 e. The lowest BCUT2D eigenvalue weighted by Crippen LogP contribution is -2.30. The van der Waals surface area contributed by atoms with Crippen molar-refractivity contribution >= 4 is 17.5 Å². The lowest BCUT2D eigenvalue weighted by atomic mass is 10.1. The summed E-state index contributed by atoms with van der Waals surface area (Å²) in [5, 5.41) is 2.75. The number of hydrogen-bond acceptors (Lipinski definition) is 4. The molecule has 0 saturated heterocycles. The van der Waals surface area contributed by atoms with Gasteiger partial charge in [-0.2, -0.15) is 0 Å². The maximum absolute atomic E-state index is 13.0. The predicted molar refractivity (Wildman–Crippen MR) is 116 cm³/mol. The van der Waals surface area contributed by atoms with Crippen molar-refractivity contribution in [3.8, 4) is 5.75 Å². The van der Waals surface area contributed by atoms with Crippen molar-refractivity contribution in [1.82, 2.24) is 5.32 Å². The molecule has 0 aliphatic rings. The van der Waals surface area contributed by atoms with E-state index in [2.05, 4.69) is 11.9 Å². The van der Waals surface area contributed by atoms with Gasteiger partial charge in [-0.1, -0.05) is 30.3 Å². The van der Waals surface area contributed by atoms with Crippen molar-refractivity contribution < 1.29 is 18.7 Å². The Morgan fingerprint density at radius 3 is 2.37 bits per heavy atom. The van der Waals surface area contributed by atoms with Gasteiger partial charge in [0, 0.05) is 12.2 Å². The molecule has 0 unspecified atom stereocenters. The summed E-state index contributed by atoms with van der Waals surface area (Å²) in [7, 11) is 1.61. The van der Waals surface area contributed by atoms with Gasteiger partial charge in [-0.15, -0.1) is 6.58 Å². The average Bonchev–Trinajstić information content (AvgIpc) is 3.32. The summed E-state index contributed by atoms with van der Waals surface area (Å²) in [6, 6.07) is 18.2. The zero-order chi connectivity index (χ0) is 21.3. The van der Waals surface area contributed by atoms with Gasteiger partial charge in [0.25, 0.3) is 5.91 Å². The molecule has 6 nitrogen and oxygen atoms in total. The number of nitrogens with zero attached hydrogens (tertiary/aromatic N) is 1. The second kappa shape index (κ2) is 10.1. The van der Waals surface area contributed by atoms with Crippen LogP contribution in [0.25, 0.3) is 0 Å². The normalized spacial score (nSPS) is 10.3. The van der Waals surface area contributed by atoms with Gasteiger partial charge in [0.1, 0.15) is 5.75 Å². The Labute approximate surface area is 175 Å². The fourth-order valence-electron chi connectivity index (χ4n) is 2.95. The molecule has 3 rings (SSSR count). The van der Waals surface area contributed by atoms with Gasteiger partial charge in [-0.25, -0.2) is 0 Å². The van der Waals surface area contributed by atoms with Crippen LogP contribution in [-0.4, -0.2) is 25.5 Å². The number of benzene rings is 2. The van der Waals surface area contributed by atoms with Crippen LogP contribution in [0.2, 0.25) is 0 Å². The molecule has 1 aromatic heterocycles. The number of rotatable bonds is 9. The highest BCUT2D eigenvalue weighted by molar-refractivity contribution is 6.04. The summed E-state index contributed by atoms with van der Waals surface area (Å²) >= 11 is 0. The van der Waals surface area contributed by atoms with Crippen molar-refractivity contribution in [1.29, 1.82) is 0 Å². The smallest absolute Gasteiger partial charge is 0.294 e. The molecule has 0 atom stereocenters. The van der Waals surface area contributed by atoms with Crippen molar-refractivity contribution in [3.05, 3.63) is 96.5 Å². The Kier molecular flexibility index (Phi) is 7.05. The van der Waals surface area contributed by atoms with E-state index in [0.717, 1.165) is 16.9 Å². The second-order valence-electron chi connectivity index (χ2n) is 6.65. The number of ether oxygens (including phenoxy) is 1. The summed E-state index contributed by atoms with van der Waals surface area (Å²) in [5.74, 6) is 0.690. The van der Waals surface area contributed by atoms with E-state index in [1.54, 1.807) is 30.2 Å². The molecule has 0 saturated carbocycles. The van der Waals surface area contributed by atoms with Crippen LogP contribution in [0.1, 0.15) is 21.7 Å². The quantitative estimate of drug-likeness (QED) is 0.548. The molecule has 2 aromatic carbocycles. The van der Waals surface area contributed by atoms with E-state index in [1.807, 2.05) is 48.5 Å². The minimum atomic E-state index is -0.243. The molecule has 0 radical (unpaired) electrons. The Morgan fingerprint density at radius 2 is 1.77 bits per heavy atom. The van der Waals surface area contributed by atoms with Gasteiger partial charge in [-0.05, 0) is 47.5 Å². The highest BCUT2D eigenvalue weighted by Gasteiger charge is 2.20. The highest BCUT2D eigenvalue weighted by Crippen LogP contribution is 2.22. The van der Waals surface area contributed by atoms with E-state index in [0.29, 0.717) is 18.8 Å². The van der Waals surface area contributed by atoms with Gasteiger partial charge in [0.15, 0.2) is 5.76 Å². The minimum absolute atomic E-state index is 0.0793. The molecular weight excluding hydrogens is 380 g/mol. The molecule has 2 amide bonds. The van der Waals surface area contributed by atoms with E-state index in [4.69, 9.17) is 9.15 Å². The van der Waals surface area contributed by atoms with Gasteiger partial charge < -0.3 is 19.4 Å². The van der Waals surface area contributed by atoms with Gasteiger partial charge in [-0.3, -0.25) is 9.59 Å². The average molecular weight is 404 g/mol. The SMILES string of the molecule is C=CCNC(=O)Cc1ccc(N(Cc2ccc(OC)cc2)C(=O)c2ccco2)cc1. The first-order valence-electron chi connectivity index (χ1n) is 9.55. The Balaban J connectivity index is 1.81.